The van der Waals surface area contributed by atoms with Crippen LogP contribution in [0.1, 0.15) is 22.8 Å². The number of sulfonamides is 1. The molecule has 0 aromatic heterocycles. The van der Waals surface area contributed by atoms with Crippen LogP contribution < -0.4 is 23.8 Å². The number of carbonyl (C=O) groups is 1. The van der Waals surface area contributed by atoms with Crippen LogP contribution in [0, 0.1) is 5.82 Å². The van der Waals surface area contributed by atoms with Crippen LogP contribution in [0.15, 0.2) is 60.7 Å². The highest BCUT2D eigenvalue weighted by Gasteiger charge is 2.21. The molecule has 0 saturated carbocycles. The molecule has 8 nitrogen and oxygen atoms in total. The summed E-state index contributed by atoms with van der Waals surface area (Å²) in [5, 5.41) is 2.82. The summed E-state index contributed by atoms with van der Waals surface area (Å²) in [4.78, 5) is 13.0. The standard InChI is InChI=1S/C25H25FN2O6S/c1-3-32-22-10-4-17(25(29)27-20-7-11-23-24(15-20)34-13-12-33-23)14-18(22)16-28(35(2,30)31)21-8-5-19(26)6-9-21/h4-11,14-15H,3,12-13,16H2,1-2H3,(H,27,29). The number of anilines is 2. The van der Waals surface area contributed by atoms with Gasteiger partial charge in [-0.25, -0.2) is 12.8 Å². The van der Waals surface area contributed by atoms with E-state index >= 15 is 0 Å². The van der Waals surface area contributed by atoms with Gasteiger partial charge < -0.3 is 19.5 Å². The first kappa shape index (κ1) is 24.3. The Morgan fingerprint density at radius 3 is 2.43 bits per heavy atom. The minimum absolute atomic E-state index is 0.106. The number of fused-ring (bicyclic) bond motifs is 1. The summed E-state index contributed by atoms with van der Waals surface area (Å²) in [5.41, 5.74) is 1.61. The maximum absolute atomic E-state index is 13.4. The molecule has 184 valence electrons. The molecule has 0 spiro atoms. The van der Waals surface area contributed by atoms with Crippen LogP contribution in [0.5, 0.6) is 17.2 Å². The Morgan fingerprint density at radius 1 is 1.03 bits per heavy atom. The summed E-state index contributed by atoms with van der Waals surface area (Å²) < 4.78 is 56.4. The number of benzene rings is 3. The van der Waals surface area contributed by atoms with E-state index in [1.807, 2.05) is 0 Å². The molecule has 1 heterocycles. The first-order chi connectivity index (χ1) is 16.7. The molecule has 0 aliphatic carbocycles. The van der Waals surface area contributed by atoms with Gasteiger partial charge >= 0.3 is 0 Å². The summed E-state index contributed by atoms with van der Waals surface area (Å²) in [5.74, 6) is 0.733. The van der Waals surface area contributed by atoms with Crippen LogP contribution in [0.4, 0.5) is 15.8 Å². The zero-order chi connectivity index (χ0) is 25.0. The van der Waals surface area contributed by atoms with Gasteiger partial charge in [-0.15, -0.1) is 0 Å². The summed E-state index contributed by atoms with van der Waals surface area (Å²) in [6.07, 6.45) is 1.06. The molecule has 0 saturated heterocycles. The molecular weight excluding hydrogens is 475 g/mol. The number of ether oxygens (including phenoxy) is 3. The number of nitrogens with zero attached hydrogens (tertiary/aromatic N) is 1. The van der Waals surface area contributed by atoms with Gasteiger partial charge in [-0.1, -0.05) is 0 Å². The first-order valence-corrected chi connectivity index (χ1v) is 12.8. The van der Waals surface area contributed by atoms with Gasteiger partial charge in [0.1, 0.15) is 24.8 Å². The molecule has 1 aliphatic rings. The first-order valence-electron chi connectivity index (χ1n) is 10.9. The topological polar surface area (TPSA) is 94.2 Å². The smallest absolute Gasteiger partial charge is 0.255 e. The number of hydrogen-bond acceptors (Lipinski definition) is 6. The van der Waals surface area contributed by atoms with Crippen molar-refractivity contribution in [2.24, 2.45) is 0 Å². The molecule has 0 atom stereocenters. The van der Waals surface area contributed by atoms with Gasteiger partial charge in [0, 0.05) is 22.9 Å². The normalized spacial score (nSPS) is 12.7. The molecule has 35 heavy (non-hydrogen) atoms. The molecule has 10 heteroatoms. The third-order valence-electron chi connectivity index (χ3n) is 5.25. The molecule has 0 fully saturated rings. The van der Waals surface area contributed by atoms with Gasteiger partial charge in [0.05, 0.1) is 25.1 Å². The third kappa shape index (κ3) is 5.83. The van der Waals surface area contributed by atoms with Crippen molar-refractivity contribution in [1.82, 2.24) is 0 Å². The maximum atomic E-state index is 13.4. The van der Waals surface area contributed by atoms with Crippen LogP contribution in [0.2, 0.25) is 0 Å². The maximum Gasteiger partial charge on any atom is 0.255 e. The Morgan fingerprint density at radius 2 is 1.74 bits per heavy atom. The van der Waals surface area contributed by atoms with Crippen molar-refractivity contribution in [1.29, 1.82) is 0 Å². The monoisotopic (exact) mass is 500 g/mol. The van der Waals surface area contributed by atoms with Crippen LogP contribution in [-0.2, 0) is 16.6 Å². The van der Waals surface area contributed by atoms with Crippen molar-refractivity contribution >= 4 is 27.3 Å². The highest BCUT2D eigenvalue weighted by Crippen LogP contribution is 2.33. The van der Waals surface area contributed by atoms with Crippen LogP contribution in [0.25, 0.3) is 0 Å². The van der Waals surface area contributed by atoms with E-state index in [4.69, 9.17) is 14.2 Å². The average Bonchev–Trinajstić information content (AvgIpc) is 2.83. The van der Waals surface area contributed by atoms with Gasteiger partial charge in [-0.2, -0.15) is 0 Å². The van der Waals surface area contributed by atoms with Gasteiger partial charge in [0.15, 0.2) is 11.5 Å². The van der Waals surface area contributed by atoms with Crippen molar-refractivity contribution in [3.05, 3.63) is 77.6 Å². The van der Waals surface area contributed by atoms with Crippen LogP contribution >= 0.6 is 0 Å². The summed E-state index contributed by atoms with van der Waals surface area (Å²) in [6.45, 7) is 2.95. The fourth-order valence-corrected chi connectivity index (χ4v) is 4.51. The molecular formula is C25H25FN2O6S. The van der Waals surface area contributed by atoms with Gasteiger partial charge in [0.25, 0.3) is 5.91 Å². The second-order valence-corrected chi connectivity index (χ2v) is 9.72. The minimum atomic E-state index is -3.72. The van der Waals surface area contributed by atoms with Crippen LogP contribution in [0.3, 0.4) is 0 Å². The number of rotatable bonds is 8. The van der Waals surface area contributed by atoms with Crippen molar-refractivity contribution < 1.29 is 31.8 Å². The Kier molecular flexibility index (Phi) is 7.11. The highest BCUT2D eigenvalue weighted by atomic mass is 32.2. The number of carbonyl (C=O) groups excluding carboxylic acids is 1. The molecule has 0 unspecified atom stereocenters. The predicted octanol–water partition coefficient (Wildman–Crippen LogP) is 4.21. The lowest BCUT2D eigenvalue weighted by Gasteiger charge is -2.24. The largest absolute Gasteiger partial charge is 0.494 e. The molecule has 4 rings (SSSR count). The fourth-order valence-electron chi connectivity index (χ4n) is 3.63. The number of halogens is 1. The predicted molar refractivity (Wildman–Crippen MR) is 130 cm³/mol. The molecule has 3 aromatic carbocycles. The van der Waals surface area contributed by atoms with E-state index in [9.17, 15) is 17.6 Å². The van der Waals surface area contributed by atoms with Gasteiger partial charge in [-0.05, 0) is 61.5 Å². The second-order valence-electron chi connectivity index (χ2n) is 7.81. The van der Waals surface area contributed by atoms with E-state index in [-0.39, 0.29) is 6.54 Å². The Balaban J connectivity index is 1.62. The van der Waals surface area contributed by atoms with E-state index in [0.717, 1.165) is 10.6 Å². The Bertz CT molecular complexity index is 1330. The second kappa shape index (κ2) is 10.2. The fraction of sp³-hybridized carbons (Fsp3) is 0.240. The van der Waals surface area contributed by atoms with Crippen LogP contribution in [-0.4, -0.2) is 40.4 Å². The van der Waals surface area contributed by atoms with Crippen molar-refractivity contribution in [3.63, 3.8) is 0 Å². The summed E-state index contributed by atoms with van der Waals surface area (Å²) in [7, 11) is -3.72. The van der Waals surface area contributed by atoms with E-state index in [2.05, 4.69) is 5.32 Å². The molecule has 1 N–H and O–H groups in total. The SMILES string of the molecule is CCOc1ccc(C(=O)Nc2ccc3c(c2)OCCO3)cc1CN(c1ccc(F)cc1)S(C)(=O)=O. The number of hydrogen-bond donors (Lipinski definition) is 1. The lowest BCUT2D eigenvalue weighted by atomic mass is 10.1. The number of nitrogens with one attached hydrogen (secondary N) is 1. The minimum Gasteiger partial charge on any atom is -0.494 e. The lowest BCUT2D eigenvalue weighted by molar-refractivity contribution is 0.102. The molecule has 0 radical (unpaired) electrons. The van der Waals surface area contributed by atoms with E-state index in [1.165, 1.54) is 24.3 Å². The van der Waals surface area contributed by atoms with E-state index in [0.29, 0.717) is 59.6 Å². The number of amides is 1. The van der Waals surface area contributed by atoms with E-state index in [1.54, 1.807) is 43.3 Å². The Labute approximate surface area is 203 Å². The Hall–Kier alpha value is -3.79. The summed E-state index contributed by atoms with van der Waals surface area (Å²) >= 11 is 0. The van der Waals surface area contributed by atoms with Crippen molar-refractivity contribution in [2.45, 2.75) is 13.5 Å². The zero-order valence-electron chi connectivity index (χ0n) is 19.3. The highest BCUT2D eigenvalue weighted by molar-refractivity contribution is 7.92. The van der Waals surface area contributed by atoms with Crippen molar-refractivity contribution in [3.8, 4) is 17.2 Å². The van der Waals surface area contributed by atoms with Gasteiger partial charge in [0.2, 0.25) is 10.0 Å². The van der Waals surface area contributed by atoms with Crippen molar-refractivity contribution in [2.75, 3.05) is 35.7 Å². The lowest BCUT2D eigenvalue weighted by Crippen LogP contribution is -2.29. The third-order valence-corrected chi connectivity index (χ3v) is 6.39. The quantitative estimate of drug-likeness (QED) is 0.498. The summed E-state index contributed by atoms with van der Waals surface area (Å²) in [6, 6.07) is 15.1. The average molecular weight is 501 g/mol. The molecule has 3 aromatic rings. The molecule has 1 amide bonds. The zero-order valence-corrected chi connectivity index (χ0v) is 20.1. The van der Waals surface area contributed by atoms with Gasteiger partial charge in [-0.3, -0.25) is 9.10 Å². The van der Waals surface area contributed by atoms with E-state index < -0.39 is 21.7 Å². The molecule has 0 bridgehead atoms. The molecule has 1 aliphatic heterocycles.